The largest absolute Gasteiger partial charge is 0.481 e. The second-order valence-corrected chi connectivity index (χ2v) is 5.64. The van der Waals surface area contributed by atoms with E-state index in [2.05, 4.69) is 10.2 Å². The van der Waals surface area contributed by atoms with Crippen LogP contribution in [0, 0.1) is 5.92 Å². The van der Waals surface area contributed by atoms with Crippen LogP contribution in [-0.4, -0.2) is 66.2 Å². The van der Waals surface area contributed by atoms with Crippen LogP contribution in [0.4, 0.5) is 4.79 Å². The van der Waals surface area contributed by atoms with Crippen molar-refractivity contribution in [3.8, 4) is 0 Å². The van der Waals surface area contributed by atoms with Gasteiger partial charge in [-0.05, 0) is 26.3 Å². The molecule has 1 saturated carbocycles. The number of nitrogens with zero attached hydrogens (tertiary/aromatic N) is 2. The molecule has 108 valence electrons. The van der Waals surface area contributed by atoms with Crippen LogP contribution >= 0.6 is 0 Å². The van der Waals surface area contributed by atoms with Gasteiger partial charge in [-0.3, -0.25) is 4.79 Å². The summed E-state index contributed by atoms with van der Waals surface area (Å²) in [6.07, 6.45) is 3.07. The van der Waals surface area contributed by atoms with Crippen LogP contribution in [0.25, 0.3) is 0 Å². The van der Waals surface area contributed by atoms with Crippen LogP contribution in [0.5, 0.6) is 0 Å². The second-order valence-electron chi connectivity index (χ2n) is 5.64. The first-order chi connectivity index (χ1) is 9.06. The highest BCUT2D eigenvalue weighted by molar-refractivity contribution is 5.75. The zero-order valence-corrected chi connectivity index (χ0v) is 11.5. The summed E-state index contributed by atoms with van der Waals surface area (Å²) in [5.41, 5.74) is 0. The van der Waals surface area contributed by atoms with Gasteiger partial charge in [-0.25, -0.2) is 4.79 Å². The molecule has 1 aliphatic carbocycles. The van der Waals surface area contributed by atoms with Crippen LogP contribution < -0.4 is 5.32 Å². The molecule has 6 nitrogen and oxygen atoms in total. The van der Waals surface area contributed by atoms with Crippen molar-refractivity contribution in [2.24, 2.45) is 5.92 Å². The number of carbonyl (C=O) groups excluding carboxylic acids is 1. The highest BCUT2D eigenvalue weighted by atomic mass is 16.4. The molecule has 6 heteroatoms. The van der Waals surface area contributed by atoms with Crippen molar-refractivity contribution in [2.75, 3.05) is 33.2 Å². The second kappa shape index (κ2) is 6.23. The van der Waals surface area contributed by atoms with Crippen molar-refractivity contribution >= 4 is 12.0 Å². The molecule has 2 atom stereocenters. The van der Waals surface area contributed by atoms with Crippen LogP contribution in [0.3, 0.4) is 0 Å². The first kappa shape index (κ1) is 14.1. The van der Waals surface area contributed by atoms with Gasteiger partial charge in [-0.15, -0.1) is 0 Å². The van der Waals surface area contributed by atoms with E-state index in [1.54, 1.807) is 0 Å². The van der Waals surface area contributed by atoms with Crippen molar-refractivity contribution in [3.63, 3.8) is 0 Å². The first-order valence-corrected chi connectivity index (χ1v) is 7.03. The molecule has 0 bridgehead atoms. The minimum Gasteiger partial charge on any atom is -0.481 e. The van der Waals surface area contributed by atoms with E-state index >= 15 is 0 Å². The Kier molecular flexibility index (Phi) is 4.63. The monoisotopic (exact) mass is 269 g/mol. The van der Waals surface area contributed by atoms with Gasteiger partial charge >= 0.3 is 12.0 Å². The average molecular weight is 269 g/mol. The molecule has 1 saturated heterocycles. The average Bonchev–Trinajstić information content (AvgIpc) is 2.39. The lowest BCUT2D eigenvalue weighted by molar-refractivity contribution is -0.143. The maximum atomic E-state index is 12.1. The molecule has 0 aromatic rings. The number of piperazine rings is 1. The van der Waals surface area contributed by atoms with E-state index < -0.39 is 5.97 Å². The summed E-state index contributed by atoms with van der Waals surface area (Å²) in [5, 5.41) is 12.0. The van der Waals surface area contributed by atoms with Gasteiger partial charge in [0.1, 0.15) is 0 Å². The predicted octanol–water partition coefficient (Wildman–Crippen LogP) is 0.587. The number of amides is 2. The summed E-state index contributed by atoms with van der Waals surface area (Å²) in [7, 11) is 2.05. The van der Waals surface area contributed by atoms with Crippen molar-refractivity contribution in [3.05, 3.63) is 0 Å². The molecule has 0 aromatic heterocycles. The molecule has 2 unspecified atom stereocenters. The molecular weight excluding hydrogens is 246 g/mol. The summed E-state index contributed by atoms with van der Waals surface area (Å²) < 4.78 is 0. The lowest BCUT2D eigenvalue weighted by atomic mass is 9.86. The molecule has 1 aliphatic heterocycles. The van der Waals surface area contributed by atoms with E-state index in [4.69, 9.17) is 5.11 Å². The molecule has 19 heavy (non-hydrogen) atoms. The number of rotatable bonds is 2. The van der Waals surface area contributed by atoms with Gasteiger partial charge in [0.2, 0.25) is 0 Å². The third-order valence-corrected chi connectivity index (χ3v) is 4.14. The third-order valence-electron chi connectivity index (χ3n) is 4.14. The number of hydrogen-bond donors (Lipinski definition) is 2. The number of nitrogens with one attached hydrogen (secondary N) is 1. The summed E-state index contributed by atoms with van der Waals surface area (Å²) in [6, 6.07) is -0.0221. The fourth-order valence-electron chi connectivity index (χ4n) is 2.82. The molecule has 2 aliphatic rings. The minimum absolute atomic E-state index is 0.0157. The molecule has 0 spiro atoms. The number of carboxylic acid groups (broad SMARTS) is 1. The first-order valence-electron chi connectivity index (χ1n) is 7.03. The van der Waals surface area contributed by atoms with Gasteiger partial charge in [0, 0.05) is 32.2 Å². The van der Waals surface area contributed by atoms with E-state index in [0.29, 0.717) is 6.42 Å². The van der Waals surface area contributed by atoms with E-state index in [0.717, 1.165) is 45.4 Å². The molecule has 0 radical (unpaired) electrons. The smallest absolute Gasteiger partial charge is 0.317 e. The van der Waals surface area contributed by atoms with Crippen molar-refractivity contribution in [2.45, 2.75) is 31.7 Å². The van der Waals surface area contributed by atoms with Gasteiger partial charge in [-0.1, -0.05) is 6.42 Å². The van der Waals surface area contributed by atoms with Gasteiger partial charge in [-0.2, -0.15) is 0 Å². The lowest BCUT2D eigenvalue weighted by Gasteiger charge is -2.35. The Hall–Kier alpha value is -1.30. The van der Waals surface area contributed by atoms with Crippen molar-refractivity contribution in [1.82, 2.24) is 15.1 Å². The van der Waals surface area contributed by atoms with Gasteiger partial charge in [0.25, 0.3) is 0 Å². The number of aliphatic carboxylic acids is 1. The molecular formula is C13H23N3O3. The summed E-state index contributed by atoms with van der Waals surface area (Å²) in [6.45, 7) is 3.29. The maximum Gasteiger partial charge on any atom is 0.317 e. The molecule has 0 aromatic carbocycles. The number of likely N-dealkylation sites (N-methyl/N-ethyl adjacent to an activating group) is 1. The zero-order valence-electron chi connectivity index (χ0n) is 11.5. The fourth-order valence-corrected chi connectivity index (χ4v) is 2.82. The SMILES string of the molecule is CN1CCN(C(=O)NC2CCCC(C(=O)O)C2)CC1. The van der Waals surface area contributed by atoms with Gasteiger partial charge in [0.05, 0.1) is 5.92 Å². The van der Waals surface area contributed by atoms with E-state index in [1.165, 1.54) is 0 Å². The van der Waals surface area contributed by atoms with E-state index in [-0.39, 0.29) is 18.0 Å². The van der Waals surface area contributed by atoms with Crippen molar-refractivity contribution in [1.29, 1.82) is 0 Å². The molecule has 2 amide bonds. The van der Waals surface area contributed by atoms with Gasteiger partial charge in [0.15, 0.2) is 0 Å². The highest BCUT2D eigenvalue weighted by Gasteiger charge is 2.29. The summed E-state index contributed by atoms with van der Waals surface area (Å²) >= 11 is 0. The number of hydrogen-bond acceptors (Lipinski definition) is 3. The lowest BCUT2D eigenvalue weighted by Crippen LogP contribution is -2.53. The molecule has 1 heterocycles. The molecule has 2 N–H and O–H groups in total. The maximum absolute atomic E-state index is 12.1. The number of urea groups is 1. The van der Waals surface area contributed by atoms with Crippen LogP contribution in [0.15, 0.2) is 0 Å². The quantitative estimate of drug-likeness (QED) is 0.769. The third kappa shape index (κ3) is 3.83. The Morgan fingerprint density at radius 2 is 1.84 bits per heavy atom. The predicted molar refractivity (Wildman–Crippen MR) is 71.0 cm³/mol. The van der Waals surface area contributed by atoms with E-state index in [9.17, 15) is 9.59 Å². The summed E-state index contributed by atoms with van der Waals surface area (Å²) in [4.78, 5) is 27.1. The van der Waals surface area contributed by atoms with Crippen molar-refractivity contribution < 1.29 is 14.7 Å². The van der Waals surface area contributed by atoms with Crippen LogP contribution in [0.2, 0.25) is 0 Å². The number of carbonyl (C=O) groups is 2. The van der Waals surface area contributed by atoms with E-state index in [1.807, 2.05) is 11.9 Å². The number of carboxylic acids is 1. The normalized spacial score (nSPS) is 29.0. The zero-order chi connectivity index (χ0) is 13.8. The Balaban J connectivity index is 1.80. The molecule has 2 rings (SSSR count). The Labute approximate surface area is 113 Å². The Morgan fingerprint density at radius 1 is 1.16 bits per heavy atom. The minimum atomic E-state index is -0.737. The summed E-state index contributed by atoms with van der Waals surface area (Å²) in [5.74, 6) is -1.04. The highest BCUT2D eigenvalue weighted by Crippen LogP contribution is 2.24. The fraction of sp³-hybridized carbons (Fsp3) is 0.846. The Morgan fingerprint density at radius 3 is 2.47 bits per heavy atom. The van der Waals surface area contributed by atoms with Crippen LogP contribution in [0.1, 0.15) is 25.7 Å². The Bertz CT molecular complexity index is 340. The van der Waals surface area contributed by atoms with Crippen LogP contribution in [-0.2, 0) is 4.79 Å². The standard InChI is InChI=1S/C13H23N3O3/c1-15-5-7-16(8-6-15)13(19)14-11-4-2-3-10(9-11)12(17)18/h10-11H,2-9H2,1H3,(H,14,19)(H,17,18). The van der Waals surface area contributed by atoms with Gasteiger partial charge < -0.3 is 20.2 Å². The molecule has 2 fully saturated rings. The topological polar surface area (TPSA) is 72.9 Å².